The molecule has 0 bridgehead atoms. The number of carbonyl (C=O) groups excluding carboxylic acids is 1. The quantitative estimate of drug-likeness (QED) is 0.485. The lowest BCUT2D eigenvalue weighted by molar-refractivity contribution is 0.142. The first-order chi connectivity index (χ1) is 16.4. The van der Waals surface area contributed by atoms with Crippen LogP contribution in [0.5, 0.6) is 0 Å². The number of amides is 2. The lowest BCUT2D eigenvalue weighted by atomic mass is 10.2. The number of fused-ring (bicyclic) bond motifs is 1. The van der Waals surface area contributed by atoms with E-state index in [-0.39, 0.29) is 17.4 Å². The van der Waals surface area contributed by atoms with E-state index in [0.29, 0.717) is 53.9 Å². The van der Waals surface area contributed by atoms with Gasteiger partial charge in [0, 0.05) is 50.0 Å². The average Bonchev–Trinajstić information content (AvgIpc) is 3.24. The number of carbonyl (C=O) groups is 1. The molecule has 0 atom stereocenters. The summed E-state index contributed by atoms with van der Waals surface area (Å²) in [6.07, 6.45) is 0. The molecule has 2 aromatic heterocycles. The zero-order valence-corrected chi connectivity index (χ0v) is 19.4. The highest BCUT2D eigenvalue weighted by Crippen LogP contribution is 2.25. The number of anilines is 1. The van der Waals surface area contributed by atoms with Crippen LogP contribution < -0.4 is 10.9 Å². The lowest BCUT2D eigenvalue weighted by Crippen LogP contribution is -2.49. The van der Waals surface area contributed by atoms with Crippen molar-refractivity contribution < 1.29 is 9.18 Å². The van der Waals surface area contributed by atoms with Crippen molar-refractivity contribution in [3.8, 4) is 10.6 Å². The highest BCUT2D eigenvalue weighted by molar-refractivity contribution is 7.19. The first kappa shape index (κ1) is 22.2. The topological polar surface area (TPSA) is 82.8 Å². The first-order valence-electron chi connectivity index (χ1n) is 11.0. The van der Waals surface area contributed by atoms with Gasteiger partial charge in [-0.2, -0.15) is 9.61 Å². The molecule has 4 aromatic rings. The fourth-order valence-corrected chi connectivity index (χ4v) is 4.86. The number of nitrogens with zero attached hydrogens (tertiary/aromatic N) is 5. The number of rotatable bonds is 4. The molecule has 1 fully saturated rings. The number of hydrogen-bond donors (Lipinski definition) is 1. The molecular formula is C24H23FN6O2S. The first-order valence-corrected chi connectivity index (χ1v) is 11.8. The van der Waals surface area contributed by atoms with E-state index in [4.69, 9.17) is 0 Å². The van der Waals surface area contributed by atoms with Crippen LogP contribution in [0.3, 0.4) is 0 Å². The molecule has 2 aromatic carbocycles. The largest absolute Gasteiger partial charge is 0.322 e. The van der Waals surface area contributed by atoms with Crippen molar-refractivity contribution in [2.24, 2.45) is 0 Å². The van der Waals surface area contributed by atoms with Gasteiger partial charge >= 0.3 is 6.03 Å². The van der Waals surface area contributed by atoms with Crippen molar-refractivity contribution in [1.29, 1.82) is 0 Å². The van der Waals surface area contributed by atoms with E-state index in [1.807, 2.05) is 31.2 Å². The van der Waals surface area contributed by atoms with Gasteiger partial charge in [-0.1, -0.05) is 35.6 Å². The molecular weight excluding hydrogens is 455 g/mol. The van der Waals surface area contributed by atoms with Gasteiger partial charge in [-0.25, -0.2) is 14.2 Å². The molecule has 0 saturated carbocycles. The van der Waals surface area contributed by atoms with Gasteiger partial charge in [-0.15, -0.1) is 0 Å². The minimum atomic E-state index is -0.357. The summed E-state index contributed by atoms with van der Waals surface area (Å²) in [5, 5.41) is 7.79. The van der Waals surface area contributed by atoms with Crippen LogP contribution >= 0.6 is 11.3 Å². The molecule has 0 unspecified atom stereocenters. The molecule has 1 saturated heterocycles. The molecule has 2 amide bonds. The van der Waals surface area contributed by atoms with Crippen molar-refractivity contribution in [3.05, 3.63) is 82.0 Å². The van der Waals surface area contributed by atoms with Gasteiger partial charge in [-0.3, -0.25) is 9.69 Å². The predicted octanol–water partition coefficient (Wildman–Crippen LogP) is 3.62. The number of halogens is 1. The summed E-state index contributed by atoms with van der Waals surface area (Å²) in [6.45, 7) is 5.03. The van der Waals surface area contributed by atoms with Gasteiger partial charge in [0.05, 0.1) is 5.69 Å². The maximum absolute atomic E-state index is 13.6. The standard InChI is InChI=1S/C24H23FN6O2S/c1-16-4-2-7-19(12-16)26-23(33)30-10-8-29(9-11-30)15-20-14-21(32)31-24(27-20)34-22(28-31)17-5-3-6-18(25)13-17/h2-7,12-14H,8-11,15H2,1H3,(H,26,33). The Kier molecular flexibility index (Phi) is 6.08. The lowest BCUT2D eigenvalue weighted by Gasteiger charge is -2.34. The second-order valence-corrected chi connectivity index (χ2v) is 9.22. The van der Waals surface area contributed by atoms with E-state index < -0.39 is 0 Å². The van der Waals surface area contributed by atoms with Crippen molar-refractivity contribution in [1.82, 2.24) is 24.4 Å². The Morgan fingerprint density at radius 2 is 1.88 bits per heavy atom. The van der Waals surface area contributed by atoms with Gasteiger partial charge < -0.3 is 10.2 Å². The van der Waals surface area contributed by atoms with Gasteiger partial charge in [-0.05, 0) is 36.8 Å². The van der Waals surface area contributed by atoms with Gasteiger partial charge in [0.25, 0.3) is 5.56 Å². The van der Waals surface area contributed by atoms with Crippen LogP contribution in [0.2, 0.25) is 0 Å². The Bertz CT molecular complexity index is 1410. The third-order valence-corrected chi connectivity index (χ3v) is 6.64. The molecule has 1 N–H and O–H groups in total. The third kappa shape index (κ3) is 4.82. The molecule has 34 heavy (non-hydrogen) atoms. The molecule has 0 aliphatic carbocycles. The fraction of sp³-hybridized carbons (Fsp3) is 0.250. The Morgan fingerprint density at radius 1 is 1.09 bits per heavy atom. The SMILES string of the molecule is Cc1cccc(NC(=O)N2CCN(Cc3cc(=O)n4nc(-c5cccc(F)c5)sc4n3)CC2)c1. The summed E-state index contributed by atoms with van der Waals surface area (Å²) in [6, 6.07) is 15.2. The molecule has 10 heteroatoms. The molecule has 1 aliphatic heterocycles. The van der Waals surface area contributed by atoms with Crippen molar-refractivity contribution in [2.75, 3.05) is 31.5 Å². The van der Waals surface area contributed by atoms with Crippen molar-refractivity contribution in [3.63, 3.8) is 0 Å². The number of nitrogens with one attached hydrogen (secondary N) is 1. The fourth-order valence-electron chi connectivity index (χ4n) is 3.94. The molecule has 5 rings (SSSR count). The minimum Gasteiger partial charge on any atom is -0.322 e. The molecule has 3 heterocycles. The zero-order chi connectivity index (χ0) is 23.7. The van der Waals surface area contributed by atoms with E-state index in [0.717, 1.165) is 11.3 Å². The Morgan fingerprint density at radius 3 is 2.65 bits per heavy atom. The van der Waals surface area contributed by atoms with Crippen molar-refractivity contribution >= 4 is 28.0 Å². The van der Waals surface area contributed by atoms with E-state index in [1.165, 1.54) is 34.1 Å². The number of piperazine rings is 1. The van der Waals surface area contributed by atoms with Crippen LogP contribution in [0.1, 0.15) is 11.3 Å². The van der Waals surface area contributed by atoms with E-state index in [9.17, 15) is 14.0 Å². The maximum atomic E-state index is 13.6. The number of aryl methyl sites for hydroxylation is 1. The number of hydrogen-bond acceptors (Lipinski definition) is 6. The van der Waals surface area contributed by atoms with Crippen LogP contribution in [0.25, 0.3) is 15.5 Å². The summed E-state index contributed by atoms with van der Waals surface area (Å²) in [7, 11) is 0. The van der Waals surface area contributed by atoms with Crippen LogP contribution in [0.4, 0.5) is 14.9 Å². The molecule has 8 nitrogen and oxygen atoms in total. The predicted molar refractivity (Wildman–Crippen MR) is 130 cm³/mol. The summed E-state index contributed by atoms with van der Waals surface area (Å²) >= 11 is 1.25. The zero-order valence-electron chi connectivity index (χ0n) is 18.6. The highest BCUT2D eigenvalue weighted by atomic mass is 32.1. The Balaban J connectivity index is 1.23. The molecule has 174 valence electrons. The molecule has 1 aliphatic rings. The molecule has 0 radical (unpaired) electrons. The summed E-state index contributed by atoms with van der Waals surface area (Å²) in [5.41, 5.74) is 2.86. The minimum absolute atomic E-state index is 0.113. The van der Waals surface area contributed by atoms with E-state index >= 15 is 0 Å². The molecule has 0 spiro atoms. The van der Waals surface area contributed by atoms with E-state index in [1.54, 1.807) is 17.0 Å². The summed E-state index contributed by atoms with van der Waals surface area (Å²) < 4.78 is 14.8. The third-order valence-electron chi connectivity index (χ3n) is 5.68. The number of benzene rings is 2. The summed E-state index contributed by atoms with van der Waals surface area (Å²) in [5.74, 6) is -0.357. The highest BCUT2D eigenvalue weighted by Gasteiger charge is 2.22. The second-order valence-electron chi connectivity index (χ2n) is 8.26. The second kappa shape index (κ2) is 9.32. The normalized spacial score (nSPS) is 14.5. The number of aromatic nitrogens is 3. The smallest absolute Gasteiger partial charge is 0.321 e. The van der Waals surface area contributed by atoms with Crippen LogP contribution in [0.15, 0.2) is 59.4 Å². The number of urea groups is 1. The average molecular weight is 479 g/mol. The van der Waals surface area contributed by atoms with Crippen LogP contribution in [-0.4, -0.2) is 56.6 Å². The van der Waals surface area contributed by atoms with Crippen LogP contribution in [-0.2, 0) is 6.54 Å². The van der Waals surface area contributed by atoms with Crippen molar-refractivity contribution in [2.45, 2.75) is 13.5 Å². The summed E-state index contributed by atoms with van der Waals surface area (Å²) in [4.78, 5) is 34.2. The Labute approximate surface area is 199 Å². The van der Waals surface area contributed by atoms with Gasteiger partial charge in [0.1, 0.15) is 10.8 Å². The van der Waals surface area contributed by atoms with Crippen LogP contribution in [0, 0.1) is 12.7 Å². The Hall–Kier alpha value is -3.63. The monoisotopic (exact) mass is 478 g/mol. The van der Waals surface area contributed by atoms with Gasteiger partial charge in [0.2, 0.25) is 4.96 Å². The van der Waals surface area contributed by atoms with E-state index in [2.05, 4.69) is 20.3 Å². The maximum Gasteiger partial charge on any atom is 0.321 e. The van der Waals surface area contributed by atoms with Gasteiger partial charge in [0.15, 0.2) is 0 Å².